The Labute approximate surface area is 98.6 Å². The van der Waals surface area contributed by atoms with Crippen LogP contribution in [-0.2, 0) is 11.2 Å². The number of hydrazone groups is 1. The van der Waals surface area contributed by atoms with Gasteiger partial charge in [0.2, 0.25) is 0 Å². The standard InChI is InChI=1S/C12H14N2OS/c1-7-6-8-9(16-7)4-3-5-12(2)10(8)13-14-11(12)15/h6H,3-5H2,1-2H3,(H,14,15). The molecule has 1 unspecified atom stereocenters. The van der Waals surface area contributed by atoms with Crippen molar-refractivity contribution < 1.29 is 4.79 Å². The number of rotatable bonds is 0. The van der Waals surface area contributed by atoms with E-state index in [1.165, 1.54) is 15.3 Å². The van der Waals surface area contributed by atoms with Gasteiger partial charge >= 0.3 is 0 Å². The van der Waals surface area contributed by atoms with E-state index in [2.05, 4.69) is 23.5 Å². The average Bonchev–Trinajstić information content (AvgIpc) is 2.67. The predicted molar refractivity (Wildman–Crippen MR) is 64.8 cm³/mol. The summed E-state index contributed by atoms with van der Waals surface area (Å²) in [6, 6.07) is 2.17. The molecule has 0 spiro atoms. The second kappa shape index (κ2) is 3.17. The maximum absolute atomic E-state index is 11.9. The fraction of sp³-hybridized carbons (Fsp3) is 0.500. The van der Waals surface area contributed by atoms with Crippen LogP contribution in [0.5, 0.6) is 0 Å². The first-order chi connectivity index (χ1) is 7.61. The molecule has 0 fully saturated rings. The fourth-order valence-corrected chi connectivity index (χ4v) is 3.68. The summed E-state index contributed by atoms with van der Waals surface area (Å²) >= 11 is 1.83. The van der Waals surface area contributed by atoms with E-state index >= 15 is 0 Å². The zero-order chi connectivity index (χ0) is 11.3. The van der Waals surface area contributed by atoms with Crippen molar-refractivity contribution >= 4 is 23.0 Å². The Morgan fingerprint density at radius 2 is 2.38 bits per heavy atom. The largest absolute Gasteiger partial charge is 0.272 e. The lowest BCUT2D eigenvalue weighted by Gasteiger charge is -2.20. The summed E-state index contributed by atoms with van der Waals surface area (Å²) in [6.07, 6.45) is 3.05. The highest BCUT2D eigenvalue weighted by Gasteiger charge is 2.45. The lowest BCUT2D eigenvalue weighted by Crippen LogP contribution is -2.35. The van der Waals surface area contributed by atoms with E-state index in [0.29, 0.717) is 0 Å². The first-order valence-electron chi connectivity index (χ1n) is 5.59. The molecule has 1 aliphatic heterocycles. The van der Waals surface area contributed by atoms with Crippen molar-refractivity contribution in [2.75, 3.05) is 0 Å². The van der Waals surface area contributed by atoms with Gasteiger partial charge in [-0.25, -0.2) is 5.43 Å². The number of aryl methyl sites for hydroxylation is 2. The minimum absolute atomic E-state index is 0.0548. The van der Waals surface area contributed by atoms with E-state index < -0.39 is 5.41 Å². The summed E-state index contributed by atoms with van der Waals surface area (Å²) in [4.78, 5) is 14.6. The van der Waals surface area contributed by atoms with Crippen molar-refractivity contribution in [1.29, 1.82) is 0 Å². The number of carbonyl (C=O) groups excluding carboxylic acids is 1. The van der Waals surface area contributed by atoms with Crippen molar-refractivity contribution in [3.63, 3.8) is 0 Å². The van der Waals surface area contributed by atoms with E-state index in [1.807, 2.05) is 18.3 Å². The molecular weight excluding hydrogens is 220 g/mol. The molecule has 0 saturated heterocycles. The fourth-order valence-electron chi connectivity index (χ4n) is 2.60. The van der Waals surface area contributed by atoms with Gasteiger partial charge in [-0.15, -0.1) is 11.3 Å². The average molecular weight is 234 g/mol. The zero-order valence-electron chi connectivity index (χ0n) is 9.46. The van der Waals surface area contributed by atoms with Crippen LogP contribution in [0, 0.1) is 12.3 Å². The van der Waals surface area contributed by atoms with E-state index in [-0.39, 0.29) is 5.91 Å². The van der Waals surface area contributed by atoms with Gasteiger partial charge in [-0.2, -0.15) is 5.10 Å². The third-order valence-corrected chi connectivity index (χ3v) is 4.67. The predicted octanol–water partition coefficient (Wildman–Crippen LogP) is 2.23. The van der Waals surface area contributed by atoms with Gasteiger partial charge in [0.1, 0.15) is 0 Å². The number of thiophene rings is 1. The number of amides is 1. The molecule has 1 aromatic rings. The van der Waals surface area contributed by atoms with Crippen LogP contribution in [0.2, 0.25) is 0 Å². The van der Waals surface area contributed by atoms with Gasteiger partial charge in [0.05, 0.1) is 11.1 Å². The molecule has 3 rings (SSSR count). The summed E-state index contributed by atoms with van der Waals surface area (Å²) in [5.41, 5.74) is 4.38. The van der Waals surface area contributed by atoms with Gasteiger partial charge in [-0.3, -0.25) is 4.79 Å². The maximum Gasteiger partial charge on any atom is 0.252 e. The Bertz CT molecular complexity index is 503. The highest BCUT2D eigenvalue weighted by molar-refractivity contribution is 7.12. The smallest absolute Gasteiger partial charge is 0.252 e. The molecule has 1 aliphatic carbocycles. The topological polar surface area (TPSA) is 41.5 Å². The Hall–Kier alpha value is -1.16. The molecule has 2 heterocycles. The lowest BCUT2D eigenvalue weighted by atomic mass is 9.80. The number of nitrogens with zero attached hydrogens (tertiary/aromatic N) is 1. The van der Waals surface area contributed by atoms with Crippen molar-refractivity contribution in [3.8, 4) is 0 Å². The highest BCUT2D eigenvalue weighted by Crippen LogP contribution is 2.40. The number of hydrogen-bond acceptors (Lipinski definition) is 3. The molecule has 84 valence electrons. The SMILES string of the molecule is Cc1cc2c(s1)CCCC1(C)C(=O)NN=C21. The minimum atomic E-state index is -0.404. The van der Waals surface area contributed by atoms with Gasteiger partial charge in [0, 0.05) is 15.3 Å². The molecule has 2 aliphatic rings. The first kappa shape index (κ1) is 10.0. The van der Waals surface area contributed by atoms with E-state index in [0.717, 1.165) is 25.0 Å². The van der Waals surface area contributed by atoms with Crippen LogP contribution >= 0.6 is 11.3 Å². The number of nitrogens with one attached hydrogen (secondary N) is 1. The molecule has 4 heteroatoms. The zero-order valence-corrected chi connectivity index (χ0v) is 10.3. The van der Waals surface area contributed by atoms with Crippen molar-refractivity contribution in [3.05, 3.63) is 21.4 Å². The summed E-state index contributed by atoms with van der Waals surface area (Å²) in [6.45, 7) is 4.12. The number of hydrogen-bond donors (Lipinski definition) is 1. The van der Waals surface area contributed by atoms with Crippen molar-refractivity contribution in [2.24, 2.45) is 10.5 Å². The van der Waals surface area contributed by atoms with Crippen molar-refractivity contribution in [2.45, 2.75) is 33.1 Å². The normalized spacial score (nSPS) is 27.9. The van der Waals surface area contributed by atoms with E-state index in [9.17, 15) is 4.79 Å². The molecule has 16 heavy (non-hydrogen) atoms. The number of carbonyl (C=O) groups is 1. The van der Waals surface area contributed by atoms with Crippen LogP contribution in [0.15, 0.2) is 11.2 Å². The Balaban J connectivity index is 2.19. The quantitative estimate of drug-likeness (QED) is 0.735. The van der Waals surface area contributed by atoms with E-state index in [4.69, 9.17) is 0 Å². The van der Waals surface area contributed by atoms with Crippen LogP contribution in [0.3, 0.4) is 0 Å². The van der Waals surface area contributed by atoms with Crippen LogP contribution in [-0.4, -0.2) is 11.6 Å². The Morgan fingerprint density at radius 1 is 1.56 bits per heavy atom. The molecular formula is C12H14N2OS. The molecule has 1 N–H and O–H groups in total. The van der Waals surface area contributed by atoms with Crippen LogP contribution < -0.4 is 5.43 Å². The van der Waals surface area contributed by atoms with Gasteiger partial charge in [-0.1, -0.05) is 0 Å². The van der Waals surface area contributed by atoms with Gasteiger partial charge in [0.15, 0.2) is 0 Å². The third-order valence-electron chi connectivity index (χ3n) is 3.56. The van der Waals surface area contributed by atoms with Crippen LogP contribution in [0.4, 0.5) is 0 Å². The molecule has 1 aromatic heterocycles. The van der Waals surface area contributed by atoms with Crippen LogP contribution in [0.25, 0.3) is 0 Å². The summed E-state index contributed by atoms with van der Waals surface area (Å²) < 4.78 is 0. The Kier molecular flexibility index (Phi) is 1.98. The summed E-state index contributed by atoms with van der Waals surface area (Å²) in [7, 11) is 0. The minimum Gasteiger partial charge on any atom is -0.272 e. The molecule has 0 radical (unpaired) electrons. The van der Waals surface area contributed by atoms with E-state index in [1.54, 1.807) is 0 Å². The first-order valence-corrected chi connectivity index (χ1v) is 6.41. The summed E-state index contributed by atoms with van der Waals surface area (Å²) in [5.74, 6) is 0.0548. The molecule has 1 atom stereocenters. The third kappa shape index (κ3) is 1.19. The molecule has 3 nitrogen and oxygen atoms in total. The highest BCUT2D eigenvalue weighted by atomic mass is 32.1. The molecule has 1 amide bonds. The lowest BCUT2D eigenvalue weighted by molar-refractivity contribution is -0.125. The van der Waals surface area contributed by atoms with Crippen molar-refractivity contribution in [1.82, 2.24) is 5.43 Å². The number of fused-ring (bicyclic) bond motifs is 3. The van der Waals surface area contributed by atoms with Gasteiger partial charge in [-0.05, 0) is 39.2 Å². The maximum atomic E-state index is 11.9. The Morgan fingerprint density at radius 3 is 3.19 bits per heavy atom. The van der Waals surface area contributed by atoms with Gasteiger partial charge in [0.25, 0.3) is 5.91 Å². The second-order valence-corrected chi connectivity index (χ2v) is 6.12. The van der Waals surface area contributed by atoms with Gasteiger partial charge < -0.3 is 0 Å². The summed E-state index contributed by atoms with van der Waals surface area (Å²) in [5, 5.41) is 4.25. The molecule has 0 saturated carbocycles. The molecule has 0 bridgehead atoms. The van der Waals surface area contributed by atoms with Crippen LogP contribution in [0.1, 0.15) is 35.1 Å². The second-order valence-electron chi connectivity index (χ2n) is 4.78. The molecule has 0 aromatic carbocycles. The monoisotopic (exact) mass is 234 g/mol.